The molecule has 1 N–H and O–H groups in total. The standard InChI is InChI=1S/C24H25NO4/c26-18-4-6-20-16(12-18)14-24(22(20)27)15-17-13-19(5-7-21(17)23(24)28)29-11-10-25-8-2-1-3-9-25/h4-7,12-13,26H,1-3,8-11,14-15H2. The molecule has 1 heterocycles. The van der Waals surface area contributed by atoms with Gasteiger partial charge in [0.1, 0.15) is 23.5 Å². The molecule has 1 aliphatic heterocycles. The number of hydrogen-bond acceptors (Lipinski definition) is 5. The zero-order valence-corrected chi connectivity index (χ0v) is 16.4. The number of piperidine rings is 1. The van der Waals surface area contributed by atoms with Gasteiger partial charge in [-0.2, -0.15) is 0 Å². The quantitative estimate of drug-likeness (QED) is 0.809. The molecule has 5 heteroatoms. The molecular weight excluding hydrogens is 366 g/mol. The molecule has 29 heavy (non-hydrogen) atoms. The highest BCUT2D eigenvalue weighted by atomic mass is 16.5. The third kappa shape index (κ3) is 3.04. The van der Waals surface area contributed by atoms with Gasteiger partial charge in [0.2, 0.25) is 0 Å². The van der Waals surface area contributed by atoms with Crippen molar-refractivity contribution in [3.8, 4) is 11.5 Å². The summed E-state index contributed by atoms with van der Waals surface area (Å²) < 4.78 is 5.95. The molecule has 1 saturated heterocycles. The van der Waals surface area contributed by atoms with Crippen LogP contribution in [0.2, 0.25) is 0 Å². The molecule has 2 aromatic carbocycles. The first-order chi connectivity index (χ1) is 14.1. The van der Waals surface area contributed by atoms with Crippen LogP contribution in [0.3, 0.4) is 0 Å². The third-order valence-corrected chi connectivity index (χ3v) is 6.63. The summed E-state index contributed by atoms with van der Waals surface area (Å²) in [6, 6.07) is 10.3. The number of fused-ring (bicyclic) bond motifs is 2. The van der Waals surface area contributed by atoms with Crippen LogP contribution in [-0.2, 0) is 12.8 Å². The molecular formula is C24H25NO4. The van der Waals surface area contributed by atoms with E-state index >= 15 is 0 Å². The molecule has 1 fully saturated rings. The van der Waals surface area contributed by atoms with Crippen LogP contribution in [0.5, 0.6) is 11.5 Å². The second-order valence-corrected chi connectivity index (χ2v) is 8.51. The van der Waals surface area contributed by atoms with Crippen molar-refractivity contribution in [2.45, 2.75) is 32.1 Å². The fraction of sp³-hybridized carbons (Fsp3) is 0.417. The average molecular weight is 391 g/mol. The number of phenolic OH excluding ortho intramolecular Hbond substituents is 1. The first-order valence-electron chi connectivity index (χ1n) is 10.5. The van der Waals surface area contributed by atoms with Crippen molar-refractivity contribution in [2.75, 3.05) is 26.2 Å². The third-order valence-electron chi connectivity index (χ3n) is 6.63. The van der Waals surface area contributed by atoms with Crippen LogP contribution in [0.25, 0.3) is 0 Å². The van der Waals surface area contributed by atoms with Crippen molar-refractivity contribution < 1.29 is 19.4 Å². The average Bonchev–Trinajstić information content (AvgIpc) is 3.16. The summed E-state index contributed by atoms with van der Waals surface area (Å²) in [5, 5.41) is 9.75. The first kappa shape index (κ1) is 18.4. The zero-order valence-electron chi connectivity index (χ0n) is 16.4. The summed E-state index contributed by atoms with van der Waals surface area (Å²) >= 11 is 0. The fourth-order valence-electron chi connectivity index (χ4n) is 5.10. The summed E-state index contributed by atoms with van der Waals surface area (Å²) in [7, 11) is 0. The summed E-state index contributed by atoms with van der Waals surface area (Å²) in [6.07, 6.45) is 4.60. The van der Waals surface area contributed by atoms with Gasteiger partial charge in [-0.3, -0.25) is 14.5 Å². The van der Waals surface area contributed by atoms with Crippen molar-refractivity contribution in [2.24, 2.45) is 5.41 Å². The number of hydrogen-bond donors (Lipinski definition) is 1. The van der Waals surface area contributed by atoms with Crippen molar-refractivity contribution in [3.05, 3.63) is 58.7 Å². The highest BCUT2D eigenvalue weighted by molar-refractivity contribution is 6.24. The maximum Gasteiger partial charge on any atom is 0.177 e. The number of carbonyl (C=O) groups excluding carboxylic acids is 2. The van der Waals surface area contributed by atoms with Crippen LogP contribution < -0.4 is 4.74 Å². The predicted molar refractivity (Wildman–Crippen MR) is 109 cm³/mol. The van der Waals surface area contributed by atoms with E-state index in [4.69, 9.17) is 4.74 Å². The molecule has 5 nitrogen and oxygen atoms in total. The number of likely N-dealkylation sites (tertiary alicyclic amines) is 1. The van der Waals surface area contributed by atoms with Gasteiger partial charge in [0.15, 0.2) is 11.6 Å². The van der Waals surface area contributed by atoms with E-state index in [0.29, 0.717) is 30.6 Å². The summed E-state index contributed by atoms with van der Waals surface area (Å²) in [5.74, 6) is 0.654. The lowest BCUT2D eigenvalue weighted by molar-refractivity contribution is 0.0705. The van der Waals surface area contributed by atoms with E-state index in [-0.39, 0.29) is 17.3 Å². The Morgan fingerprint density at radius 1 is 0.897 bits per heavy atom. The lowest BCUT2D eigenvalue weighted by Gasteiger charge is -2.26. The molecule has 5 rings (SSSR count). The molecule has 150 valence electrons. The molecule has 3 aliphatic rings. The Labute approximate surface area is 170 Å². The zero-order chi connectivity index (χ0) is 20.0. The first-order valence-corrected chi connectivity index (χ1v) is 10.5. The number of benzene rings is 2. The van der Waals surface area contributed by atoms with Gasteiger partial charge in [0.05, 0.1) is 0 Å². The number of ether oxygens (including phenoxy) is 1. The number of nitrogens with zero attached hydrogens (tertiary/aromatic N) is 1. The van der Waals surface area contributed by atoms with E-state index in [2.05, 4.69) is 4.90 Å². The molecule has 0 radical (unpaired) electrons. The summed E-state index contributed by atoms with van der Waals surface area (Å²) in [6.45, 7) is 3.82. The van der Waals surface area contributed by atoms with E-state index in [1.165, 1.54) is 25.3 Å². The van der Waals surface area contributed by atoms with E-state index in [1.54, 1.807) is 18.2 Å². The van der Waals surface area contributed by atoms with E-state index in [1.807, 2.05) is 12.1 Å². The molecule has 2 aromatic rings. The Kier molecular flexibility index (Phi) is 4.43. The highest BCUT2D eigenvalue weighted by Gasteiger charge is 2.55. The molecule has 0 aromatic heterocycles. The second-order valence-electron chi connectivity index (χ2n) is 8.51. The number of ketones is 2. The Morgan fingerprint density at radius 2 is 1.55 bits per heavy atom. The Balaban J connectivity index is 1.32. The highest BCUT2D eigenvalue weighted by Crippen LogP contribution is 2.48. The minimum atomic E-state index is -1.05. The number of carbonyl (C=O) groups is 2. The van der Waals surface area contributed by atoms with Crippen molar-refractivity contribution in [1.82, 2.24) is 4.90 Å². The predicted octanol–water partition coefficient (Wildman–Crippen LogP) is 3.42. The second kappa shape index (κ2) is 6.99. The molecule has 0 saturated carbocycles. The van der Waals surface area contributed by atoms with Crippen molar-refractivity contribution >= 4 is 11.6 Å². The topological polar surface area (TPSA) is 66.8 Å². The van der Waals surface area contributed by atoms with Crippen LogP contribution in [0.15, 0.2) is 36.4 Å². The smallest absolute Gasteiger partial charge is 0.177 e. The lowest BCUT2D eigenvalue weighted by Crippen LogP contribution is -2.34. The summed E-state index contributed by atoms with van der Waals surface area (Å²) in [4.78, 5) is 28.7. The minimum absolute atomic E-state index is 0.104. The number of rotatable bonds is 4. The number of phenols is 1. The van der Waals surface area contributed by atoms with Gasteiger partial charge in [-0.15, -0.1) is 0 Å². The van der Waals surface area contributed by atoms with Gasteiger partial charge < -0.3 is 9.84 Å². The van der Waals surface area contributed by atoms with Gasteiger partial charge in [-0.25, -0.2) is 0 Å². The number of aromatic hydroxyl groups is 1. The molecule has 0 amide bonds. The number of Topliss-reactive ketones (excluding diaryl/α,β-unsaturated/α-hetero) is 2. The largest absolute Gasteiger partial charge is 0.508 e. The van der Waals surface area contributed by atoms with Gasteiger partial charge in [-0.05, 0) is 86.3 Å². The van der Waals surface area contributed by atoms with Crippen LogP contribution in [-0.4, -0.2) is 47.8 Å². The molecule has 2 aliphatic carbocycles. The van der Waals surface area contributed by atoms with Gasteiger partial charge in [-0.1, -0.05) is 6.42 Å². The molecule has 1 unspecified atom stereocenters. The normalized spacial score (nSPS) is 23.4. The monoisotopic (exact) mass is 391 g/mol. The fourth-order valence-corrected chi connectivity index (χ4v) is 5.10. The van der Waals surface area contributed by atoms with Crippen LogP contribution in [0.1, 0.15) is 51.1 Å². The van der Waals surface area contributed by atoms with E-state index in [0.717, 1.165) is 36.5 Å². The molecule has 0 bridgehead atoms. The Bertz CT molecular complexity index is 992. The Morgan fingerprint density at radius 3 is 2.28 bits per heavy atom. The van der Waals surface area contributed by atoms with Gasteiger partial charge >= 0.3 is 0 Å². The van der Waals surface area contributed by atoms with Crippen LogP contribution in [0.4, 0.5) is 0 Å². The summed E-state index contributed by atoms with van der Waals surface area (Å²) in [5.41, 5.74) is 1.77. The Hall–Kier alpha value is -2.66. The molecule has 1 spiro atoms. The van der Waals surface area contributed by atoms with E-state index < -0.39 is 5.41 Å². The maximum atomic E-state index is 13.2. The van der Waals surface area contributed by atoms with Crippen LogP contribution in [0, 0.1) is 5.41 Å². The SMILES string of the molecule is O=C1c2ccc(O)cc2CC12Cc1cc(OCCN3CCCCC3)ccc1C2=O. The lowest BCUT2D eigenvalue weighted by atomic mass is 9.80. The maximum absolute atomic E-state index is 13.2. The van der Waals surface area contributed by atoms with Crippen molar-refractivity contribution in [3.63, 3.8) is 0 Å². The van der Waals surface area contributed by atoms with Crippen LogP contribution >= 0.6 is 0 Å². The van der Waals surface area contributed by atoms with Gasteiger partial charge in [0, 0.05) is 17.7 Å². The van der Waals surface area contributed by atoms with Gasteiger partial charge in [0.25, 0.3) is 0 Å². The van der Waals surface area contributed by atoms with E-state index in [9.17, 15) is 14.7 Å². The molecule has 1 atom stereocenters. The minimum Gasteiger partial charge on any atom is -0.508 e. The van der Waals surface area contributed by atoms with Crippen molar-refractivity contribution in [1.29, 1.82) is 0 Å².